The molecule has 0 saturated carbocycles. The van der Waals surface area contributed by atoms with Crippen molar-refractivity contribution in [3.63, 3.8) is 0 Å². The van der Waals surface area contributed by atoms with Crippen LogP contribution in [0.4, 0.5) is 5.69 Å². The molecule has 0 aromatic heterocycles. The zero-order valence-electron chi connectivity index (χ0n) is 22.5. The van der Waals surface area contributed by atoms with E-state index in [9.17, 15) is 18.0 Å². The Kier molecular flexibility index (Phi) is 8.02. The van der Waals surface area contributed by atoms with Crippen LogP contribution in [0.3, 0.4) is 0 Å². The van der Waals surface area contributed by atoms with Gasteiger partial charge in [0, 0.05) is 41.2 Å². The summed E-state index contributed by atoms with van der Waals surface area (Å²) in [5.41, 5.74) is 1.99. The van der Waals surface area contributed by atoms with Crippen molar-refractivity contribution in [3.8, 4) is 0 Å². The minimum absolute atomic E-state index is 0.0422. The third-order valence-electron chi connectivity index (χ3n) is 7.99. The number of hydrogen-bond donors (Lipinski definition) is 2. The molecule has 0 aliphatic carbocycles. The van der Waals surface area contributed by atoms with Crippen LogP contribution >= 0.6 is 0 Å². The molecule has 2 aliphatic heterocycles. The number of fused-ring (bicyclic) bond motifs is 1. The highest BCUT2D eigenvalue weighted by molar-refractivity contribution is 7.89. The molecule has 0 unspecified atom stereocenters. The van der Waals surface area contributed by atoms with Crippen LogP contribution in [0.15, 0.2) is 65.6 Å². The van der Waals surface area contributed by atoms with Crippen LogP contribution in [0, 0.1) is 6.92 Å². The van der Waals surface area contributed by atoms with E-state index in [2.05, 4.69) is 21.9 Å². The Morgan fingerprint density at radius 2 is 1.62 bits per heavy atom. The number of likely N-dealkylation sites (N-methyl/N-ethyl adjacent to an activating group) is 1. The number of aryl methyl sites for hydroxylation is 1. The maximum absolute atomic E-state index is 13.5. The van der Waals surface area contributed by atoms with E-state index in [1.165, 1.54) is 0 Å². The second-order valence-electron chi connectivity index (χ2n) is 10.4. The minimum Gasteiger partial charge on any atom is -0.341 e. The van der Waals surface area contributed by atoms with Gasteiger partial charge in [-0.3, -0.25) is 14.5 Å². The zero-order chi connectivity index (χ0) is 27.6. The van der Waals surface area contributed by atoms with Crippen molar-refractivity contribution in [2.75, 3.05) is 31.5 Å². The summed E-state index contributed by atoms with van der Waals surface area (Å²) in [6.45, 7) is 6.89. The molecule has 0 spiro atoms. The molecular formula is C30H36N4O4S. The van der Waals surface area contributed by atoms with E-state index < -0.39 is 10.0 Å². The van der Waals surface area contributed by atoms with Gasteiger partial charge in [0.1, 0.15) is 0 Å². The lowest BCUT2D eigenvalue weighted by molar-refractivity contribution is -0.137. The number of sulfonamides is 1. The van der Waals surface area contributed by atoms with Gasteiger partial charge in [-0.2, -0.15) is 0 Å². The number of nitrogens with zero attached hydrogens (tertiary/aromatic N) is 2. The third kappa shape index (κ3) is 5.71. The maximum Gasteiger partial charge on any atom is 0.255 e. The Balaban J connectivity index is 1.29. The highest BCUT2D eigenvalue weighted by Crippen LogP contribution is 2.30. The number of carbonyl (C=O) groups excluding carboxylic acids is 2. The molecule has 0 bridgehead atoms. The Morgan fingerprint density at radius 3 is 2.36 bits per heavy atom. The molecule has 1 atom stereocenters. The first-order valence-electron chi connectivity index (χ1n) is 13.7. The van der Waals surface area contributed by atoms with Crippen molar-refractivity contribution in [1.82, 2.24) is 14.5 Å². The van der Waals surface area contributed by atoms with Gasteiger partial charge in [-0.1, -0.05) is 49.4 Å². The van der Waals surface area contributed by atoms with Crippen LogP contribution < -0.4 is 10.0 Å². The molecule has 2 fully saturated rings. The summed E-state index contributed by atoms with van der Waals surface area (Å²) in [7, 11) is -3.83. The number of piperidine rings is 1. The van der Waals surface area contributed by atoms with Crippen molar-refractivity contribution in [1.29, 1.82) is 0 Å². The third-order valence-corrected chi connectivity index (χ3v) is 9.57. The van der Waals surface area contributed by atoms with Crippen LogP contribution in [0.5, 0.6) is 0 Å². The van der Waals surface area contributed by atoms with Crippen molar-refractivity contribution in [2.45, 2.75) is 56.5 Å². The average molecular weight is 549 g/mol. The molecule has 2 amide bonds. The number of hydrogen-bond acceptors (Lipinski definition) is 5. The van der Waals surface area contributed by atoms with Gasteiger partial charge in [0.2, 0.25) is 15.9 Å². The number of rotatable bonds is 7. The molecule has 206 valence electrons. The summed E-state index contributed by atoms with van der Waals surface area (Å²) in [6, 6.07) is 17.4. The molecule has 2 aliphatic rings. The quantitative estimate of drug-likeness (QED) is 0.462. The van der Waals surface area contributed by atoms with Gasteiger partial charge in [0.15, 0.2) is 0 Å². The van der Waals surface area contributed by atoms with Gasteiger partial charge in [-0.25, -0.2) is 13.1 Å². The van der Waals surface area contributed by atoms with E-state index in [0.717, 1.165) is 31.5 Å². The van der Waals surface area contributed by atoms with E-state index >= 15 is 0 Å². The summed E-state index contributed by atoms with van der Waals surface area (Å²) in [4.78, 5) is 30.3. The predicted molar refractivity (Wildman–Crippen MR) is 153 cm³/mol. The Morgan fingerprint density at radius 1 is 0.897 bits per heavy atom. The molecular weight excluding hydrogens is 512 g/mol. The maximum atomic E-state index is 13.5. The highest BCUT2D eigenvalue weighted by Gasteiger charge is 2.35. The molecule has 2 heterocycles. The number of carbonyl (C=O) groups is 2. The lowest BCUT2D eigenvalue weighted by Crippen LogP contribution is -2.51. The summed E-state index contributed by atoms with van der Waals surface area (Å²) >= 11 is 0. The number of likely N-dealkylation sites (tertiary alicyclic amines) is 2. The van der Waals surface area contributed by atoms with Gasteiger partial charge in [-0.05, 0) is 69.5 Å². The van der Waals surface area contributed by atoms with Crippen LogP contribution in [0.1, 0.15) is 48.5 Å². The van der Waals surface area contributed by atoms with Gasteiger partial charge in [-0.15, -0.1) is 0 Å². The average Bonchev–Trinajstić information content (AvgIpc) is 3.42. The summed E-state index contributed by atoms with van der Waals surface area (Å²) in [6.07, 6.45) is 3.09. The number of anilines is 1. The van der Waals surface area contributed by atoms with Crippen molar-refractivity contribution >= 4 is 38.3 Å². The normalized spacial score (nSPS) is 18.9. The fourth-order valence-corrected chi connectivity index (χ4v) is 7.36. The monoisotopic (exact) mass is 548 g/mol. The van der Waals surface area contributed by atoms with E-state index in [4.69, 9.17) is 0 Å². The van der Waals surface area contributed by atoms with E-state index in [1.54, 1.807) is 36.4 Å². The van der Waals surface area contributed by atoms with Crippen LogP contribution in [0.25, 0.3) is 10.8 Å². The lowest BCUT2D eigenvalue weighted by atomic mass is 10.0. The molecule has 5 rings (SSSR count). The first kappa shape index (κ1) is 27.3. The Bertz CT molecular complexity index is 1480. The molecule has 3 aromatic rings. The topological polar surface area (TPSA) is 98.8 Å². The first-order chi connectivity index (χ1) is 18.8. The summed E-state index contributed by atoms with van der Waals surface area (Å²) < 4.78 is 30.0. The predicted octanol–water partition coefficient (Wildman–Crippen LogP) is 4.15. The molecule has 8 nitrogen and oxygen atoms in total. The fraction of sp³-hybridized carbons (Fsp3) is 0.400. The first-order valence-corrected chi connectivity index (χ1v) is 15.2. The highest BCUT2D eigenvalue weighted by atomic mass is 32.2. The van der Waals surface area contributed by atoms with Crippen molar-refractivity contribution in [3.05, 3.63) is 71.8 Å². The van der Waals surface area contributed by atoms with Crippen molar-refractivity contribution in [2.24, 2.45) is 0 Å². The molecule has 39 heavy (non-hydrogen) atoms. The van der Waals surface area contributed by atoms with Crippen LogP contribution in [-0.4, -0.2) is 68.3 Å². The molecule has 9 heteroatoms. The molecule has 3 aromatic carbocycles. The summed E-state index contributed by atoms with van der Waals surface area (Å²) in [5.74, 6) is -0.0714. The van der Waals surface area contributed by atoms with E-state index in [1.807, 2.05) is 36.1 Å². The minimum atomic E-state index is -3.83. The van der Waals surface area contributed by atoms with Gasteiger partial charge in [0.25, 0.3) is 5.91 Å². The van der Waals surface area contributed by atoms with Gasteiger partial charge >= 0.3 is 0 Å². The van der Waals surface area contributed by atoms with Crippen LogP contribution in [-0.2, 0) is 14.8 Å². The lowest BCUT2D eigenvalue weighted by Gasteiger charge is -2.35. The number of nitrogens with one attached hydrogen (secondary N) is 2. The Hall–Kier alpha value is -3.27. The second kappa shape index (κ2) is 11.5. The van der Waals surface area contributed by atoms with Gasteiger partial charge < -0.3 is 10.2 Å². The zero-order valence-corrected chi connectivity index (χ0v) is 23.3. The molecule has 2 N–H and O–H groups in total. The standard InChI is InChI=1S/C30H36N4O4S/c1-3-33-18-8-14-27(33)30(36)34-19-16-22(17-20-34)32-39(37,38)28-15-7-11-24-25(28)12-6-13-26(24)31-29(35)23-10-5-4-9-21(23)2/h4-7,9-13,15,22,27,32H,3,8,14,16-20H2,1-2H3,(H,31,35)/t27-/m0/s1. The Labute approximate surface area is 230 Å². The van der Waals surface area contributed by atoms with Crippen molar-refractivity contribution < 1.29 is 18.0 Å². The smallest absolute Gasteiger partial charge is 0.255 e. The summed E-state index contributed by atoms with van der Waals surface area (Å²) in [5, 5.41) is 4.15. The van der Waals surface area contributed by atoms with E-state index in [-0.39, 0.29) is 28.8 Å². The van der Waals surface area contributed by atoms with E-state index in [0.29, 0.717) is 48.0 Å². The largest absolute Gasteiger partial charge is 0.341 e. The second-order valence-corrected chi connectivity index (χ2v) is 12.1. The fourth-order valence-electron chi connectivity index (χ4n) is 5.84. The molecule has 0 radical (unpaired) electrons. The van der Waals surface area contributed by atoms with Crippen LogP contribution in [0.2, 0.25) is 0 Å². The SMILES string of the molecule is CCN1CCC[C@H]1C(=O)N1CCC(NS(=O)(=O)c2cccc3c(NC(=O)c4ccccc4C)cccc23)CC1. The molecule has 2 saturated heterocycles. The van der Waals surface area contributed by atoms with Gasteiger partial charge in [0.05, 0.1) is 10.9 Å². The number of amides is 2. The number of benzene rings is 3.